The van der Waals surface area contributed by atoms with Crippen LogP contribution in [0.15, 0.2) is 91.1 Å². The van der Waals surface area contributed by atoms with E-state index < -0.39 is 23.9 Å². The first-order valence-electron chi connectivity index (χ1n) is 30.7. The maximum Gasteiger partial charge on any atom is 0.409 e. The Morgan fingerprint density at radius 1 is 0.820 bits per heavy atom. The third-order valence-corrected chi connectivity index (χ3v) is 18.9. The molecule has 5 heterocycles. The molecule has 4 aliphatic carbocycles. The Balaban J connectivity index is 0.606. The predicted molar refractivity (Wildman–Crippen MR) is 333 cm³/mol. The standard InChI is InChI=1S/C67H78N9O12S/c1-45-51(49-18-19-55(71-59(49)61(81)82)74-25-22-48-10-7-11-50(52(48)36-74)60(80)72-62-70-53-12-5-6-13-54(53)89-62)35-69-76(45)44-66-39-64(2)38-65(3,40-66)42-67(41-64,43-66)88-30-27-73(4)63(83)87-37-47-16-14-46(15-17-47)9-8-28-84-31-33-86-34-32-85-29-24-68-56(77)23-26-75-57(78)20-21-58(75)79/h5-7,10-16,18-21,35H,8-9,22-34,36-44H2,1-4H3,(H,68,77)(H,81,82)(H,70,72,80). The zero-order valence-corrected chi connectivity index (χ0v) is 51.9. The number of carbonyl (C=O) groups is 6. The molecule has 2 atom stereocenters. The zero-order valence-electron chi connectivity index (χ0n) is 51.1. The van der Waals surface area contributed by atoms with Gasteiger partial charge in [0.1, 0.15) is 12.4 Å². The normalized spacial score (nSPS) is 21.6. The molecule has 5 amide bonds. The number of hydrogen-bond acceptors (Lipinski definition) is 16. The van der Waals surface area contributed by atoms with Crippen LogP contribution in [0.5, 0.6) is 0 Å². The number of carboxylic acid groups (broad SMARTS) is 1. The molecule has 3 aromatic heterocycles. The van der Waals surface area contributed by atoms with Gasteiger partial charge in [0.25, 0.3) is 17.7 Å². The molecule has 2 aliphatic heterocycles. The van der Waals surface area contributed by atoms with Crippen LogP contribution in [0.3, 0.4) is 0 Å². The van der Waals surface area contributed by atoms with Crippen molar-refractivity contribution in [2.24, 2.45) is 16.2 Å². The van der Waals surface area contributed by atoms with Crippen molar-refractivity contribution in [3.05, 3.63) is 136 Å². The summed E-state index contributed by atoms with van der Waals surface area (Å²) >= 11 is 1.43. The van der Waals surface area contributed by atoms with E-state index in [1.165, 1.54) is 23.5 Å². The number of ether oxygens (including phenoxy) is 5. The smallest absolute Gasteiger partial charge is 0.409 e. The van der Waals surface area contributed by atoms with Gasteiger partial charge in [0, 0.05) is 93.9 Å². The molecule has 6 aromatic rings. The Kier molecular flexibility index (Phi) is 19.1. The number of carboxylic acids is 1. The van der Waals surface area contributed by atoms with Crippen LogP contribution in [-0.4, -0.2) is 155 Å². The van der Waals surface area contributed by atoms with E-state index in [2.05, 4.69) is 40.2 Å². The highest BCUT2D eigenvalue weighted by Gasteiger charge is 2.66. The fourth-order valence-electron chi connectivity index (χ4n) is 15.0. The minimum Gasteiger partial charge on any atom is -0.476 e. The van der Waals surface area contributed by atoms with E-state index in [4.69, 9.17) is 33.8 Å². The summed E-state index contributed by atoms with van der Waals surface area (Å²) in [6.45, 7) is 12.2. The highest BCUT2D eigenvalue weighted by molar-refractivity contribution is 7.22. The van der Waals surface area contributed by atoms with E-state index in [0.29, 0.717) is 107 Å². The fraction of sp³-hybridized carbons (Fsp3) is 0.478. The number of hydrogen-bond donors (Lipinski definition) is 3. The lowest BCUT2D eigenvalue weighted by Crippen LogP contribution is -2.64. The quantitative estimate of drug-likeness (QED) is 0.0293. The highest BCUT2D eigenvalue weighted by atomic mass is 32.1. The van der Waals surface area contributed by atoms with Gasteiger partial charge in [0.2, 0.25) is 5.91 Å². The van der Waals surface area contributed by atoms with E-state index in [1.807, 2.05) is 84.6 Å². The van der Waals surface area contributed by atoms with Crippen LogP contribution in [0.25, 0.3) is 21.3 Å². The number of anilines is 2. The van der Waals surface area contributed by atoms with Gasteiger partial charge in [-0.25, -0.2) is 19.6 Å². The second kappa shape index (κ2) is 27.1. The number of nitrogens with zero attached hydrogens (tertiary/aromatic N) is 7. The first-order chi connectivity index (χ1) is 42.9. The number of aryl methyl sites for hydroxylation is 1. The van der Waals surface area contributed by atoms with Gasteiger partial charge in [0.15, 0.2) is 10.8 Å². The van der Waals surface area contributed by atoms with Gasteiger partial charge in [-0.2, -0.15) is 5.10 Å². The number of thiazole rings is 1. The van der Waals surface area contributed by atoms with Crippen molar-refractivity contribution in [1.82, 2.24) is 34.9 Å². The van der Waals surface area contributed by atoms with Crippen molar-refractivity contribution >= 4 is 68.2 Å². The minimum atomic E-state index is -1.13. The summed E-state index contributed by atoms with van der Waals surface area (Å²) in [5.41, 5.74) is 6.92. The number of amides is 5. The summed E-state index contributed by atoms with van der Waals surface area (Å²) in [5, 5.41) is 21.9. The molecule has 3 aromatic carbocycles. The molecular formula is C67H78N9O12S. The Hall–Kier alpha value is -7.89. The molecule has 12 rings (SSSR count). The largest absolute Gasteiger partial charge is 0.476 e. The summed E-state index contributed by atoms with van der Waals surface area (Å²) in [6, 6.07) is 26.4. The Labute approximate surface area is 522 Å². The van der Waals surface area contributed by atoms with Gasteiger partial charge in [-0.05, 0) is 140 Å². The number of pyridine rings is 1. The summed E-state index contributed by atoms with van der Waals surface area (Å²) in [6.07, 6.45) is 12.0. The molecule has 3 N–H and O–H groups in total. The molecular weight excluding hydrogens is 1150 g/mol. The van der Waals surface area contributed by atoms with Crippen molar-refractivity contribution in [2.45, 2.75) is 110 Å². The number of carbonyl (C=O) groups excluding carboxylic acids is 5. The van der Waals surface area contributed by atoms with Gasteiger partial charge < -0.3 is 43.9 Å². The van der Waals surface area contributed by atoms with Crippen LogP contribution >= 0.6 is 11.3 Å². The number of aromatic nitrogens is 4. The molecule has 6 aliphatic rings. The number of likely N-dealkylation sites (N-methyl/N-ethyl adjacent to an activating group) is 1. The van der Waals surface area contributed by atoms with Gasteiger partial charge in [-0.15, -0.1) is 0 Å². The Morgan fingerprint density at radius 2 is 1.57 bits per heavy atom. The van der Waals surface area contributed by atoms with E-state index in [-0.39, 0.29) is 58.9 Å². The lowest BCUT2D eigenvalue weighted by Gasteiger charge is -2.69. The monoisotopic (exact) mass is 1230 g/mol. The number of imide groups is 1. The topological polar surface area (TPSA) is 246 Å². The van der Waals surface area contributed by atoms with Crippen LogP contribution in [0.1, 0.15) is 114 Å². The molecule has 469 valence electrons. The molecule has 4 bridgehead atoms. The van der Waals surface area contributed by atoms with Crippen molar-refractivity contribution in [3.8, 4) is 11.1 Å². The lowest BCUT2D eigenvalue weighted by molar-refractivity contribution is -0.248. The third kappa shape index (κ3) is 14.9. The number of benzene rings is 3. The SMILES string of the molecule is Cc1c(-c2ccc(N3CCc4cccc(C(=O)Nc5nc6ccccc6s5)c4C3)nc2C(=O)O)cnn1CC12CC3(C)CC(C)(C1)CC(OCCN(C)C(=O)OCc1[c]cc(CCCOCCOCCOCCNC(=O)CCN4C(=O)C=CC4=O)cc1)(C3)C2. The summed E-state index contributed by atoms with van der Waals surface area (Å²) in [7, 11) is 1.74. The first kappa shape index (κ1) is 62.7. The first-order valence-corrected chi connectivity index (χ1v) is 31.5. The minimum absolute atomic E-state index is 0.0363. The van der Waals surface area contributed by atoms with E-state index in [1.54, 1.807) is 18.1 Å². The lowest BCUT2D eigenvalue weighted by atomic mass is 9.39. The number of aromatic carboxylic acids is 1. The summed E-state index contributed by atoms with van der Waals surface area (Å²) < 4.78 is 32.5. The number of nitrogens with one attached hydrogen (secondary N) is 2. The van der Waals surface area contributed by atoms with E-state index in [9.17, 15) is 33.9 Å². The molecule has 21 nitrogen and oxygen atoms in total. The van der Waals surface area contributed by atoms with Crippen molar-refractivity contribution in [3.63, 3.8) is 0 Å². The summed E-state index contributed by atoms with van der Waals surface area (Å²) in [4.78, 5) is 89.3. The predicted octanol–water partition coefficient (Wildman–Crippen LogP) is 8.99. The second-order valence-corrected chi connectivity index (χ2v) is 26.4. The molecule has 0 spiro atoms. The zero-order chi connectivity index (χ0) is 62.3. The van der Waals surface area contributed by atoms with Crippen molar-refractivity contribution < 1.29 is 57.6 Å². The van der Waals surface area contributed by atoms with Gasteiger partial charge >= 0.3 is 12.1 Å². The number of para-hydroxylation sites is 1. The average Bonchev–Trinajstić information content (AvgIpc) is 1.00. The molecule has 2 unspecified atom stereocenters. The van der Waals surface area contributed by atoms with Crippen molar-refractivity contribution in [1.29, 1.82) is 0 Å². The van der Waals surface area contributed by atoms with Crippen LogP contribution in [0.4, 0.5) is 15.7 Å². The second-order valence-electron chi connectivity index (χ2n) is 25.3. The molecule has 1 radical (unpaired) electrons. The Morgan fingerprint density at radius 3 is 2.31 bits per heavy atom. The maximum atomic E-state index is 13.8. The van der Waals surface area contributed by atoms with Gasteiger partial charge in [-0.1, -0.05) is 67.6 Å². The van der Waals surface area contributed by atoms with Gasteiger partial charge in [0.05, 0.1) is 61.7 Å². The van der Waals surface area contributed by atoms with E-state index in [0.717, 1.165) is 100.0 Å². The molecule has 0 saturated heterocycles. The van der Waals surface area contributed by atoms with Crippen LogP contribution < -0.4 is 15.5 Å². The summed E-state index contributed by atoms with van der Waals surface area (Å²) in [5.74, 6) is -1.93. The van der Waals surface area contributed by atoms with Crippen molar-refractivity contribution in [2.75, 3.05) is 89.7 Å². The number of fused-ring (bicyclic) bond motifs is 2. The fourth-order valence-corrected chi connectivity index (χ4v) is 15.9. The van der Waals surface area contributed by atoms with Gasteiger partial charge in [-0.3, -0.25) is 34.1 Å². The maximum absolute atomic E-state index is 13.8. The Bertz CT molecular complexity index is 3570. The molecule has 4 saturated carbocycles. The molecule has 4 fully saturated rings. The third-order valence-electron chi connectivity index (χ3n) is 17.9. The van der Waals surface area contributed by atoms with E-state index >= 15 is 0 Å². The molecule has 89 heavy (non-hydrogen) atoms. The highest BCUT2D eigenvalue weighted by Crippen LogP contribution is 2.72. The average molecular weight is 1230 g/mol. The van der Waals surface area contributed by atoms with Crippen LogP contribution in [0.2, 0.25) is 0 Å². The molecule has 22 heteroatoms. The van der Waals surface area contributed by atoms with Crippen LogP contribution in [-0.2, 0) is 70.6 Å². The van der Waals surface area contributed by atoms with Crippen LogP contribution in [0, 0.1) is 29.2 Å². The number of rotatable bonds is 29.